The second kappa shape index (κ2) is 16.1. The van der Waals surface area contributed by atoms with Crippen LogP contribution in [-0.2, 0) is 13.1 Å². The van der Waals surface area contributed by atoms with Gasteiger partial charge in [0.15, 0.2) is 0 Å². The summed E-state index contributed by atoms with van der Waals surface area (Å²) in [6.07, 6.45) is 3.91. The van der Waals surface area contributed by atoms with Gasteiger partial charge in [-0.05, 0) is 61.7 Å². The summed E-state index contributed by atoms with van der Waals surface area (Å²) in [6, 6.07) is 18.6. The zero-order chi connectivity index (χ0) is 33.2. The third kappa shape index (κ3) is 8.70. The van der Waals surface area contributed by atoms with Crippen LogP contribution < -0.4 is 14.2 Å². The van der Waals surface area contributed by atoms with E-state index >= 15 is 0 Å². The molecule has 0 saturated carbocycles. The van der Waals surface area contributed by atoms with Crippen LogP contribution in [-0.4, -0.2) is 76.4 Å². The van der Waals surface area contributed by atoms with Gasteiger partial charge in [-0.25, -0.2) is 9.83 Å². The lowest BCUT2D eigenvalue weighted by molar-refractivity contribution is 0.0621. The number of ether oxygens (including phenoxy) is 3. The molecule has 1 amide bonds. The van der Waals surface area contributed by atoms with Gasteiger partial charge in [-0.3, -0.25) is 9.69 Å². The molecule has 0 aliphatic carbocycles. The molecule has 10 nitrogen and oxygen atoms in total. The van der Waals surface area contributed by atoms with Gasteiger partial charge >= 0.3 is 0 Å². The van der Waals surface area contributed by atoms with Crippen LogP contribution in [0.1, 0.15) is 52.8 Å². The molecule has 2 heterocycles. The van der Waals surface area contributed by atoms with E-state index in [-0.39, 0.29) is 19.1 Å². The molecule has 246 valence electrons. The number of hydrogen-bond acceptors (Lipinski definition) is 7. The number of unbranched alkanes of at least 4 members (excludes halogenated alkanes) is 1. The number of aryl methyl sites for hydroxylation is 2. The summed E-state index contributed by atoms with van der Waals surface area (Å²) >= 11 is 0. The first-order valence-electron chi connectivity index (χ1n) is 16.2. The molecular formula is C37H43N5O5. The van der Waals surface area contributed by atoms with Crippen LogP contribution >= 0.6 is 0 Å². The van der Waals surface area contributed by atoms with E-state index in [0.717, 1.165) is 48.6 Å². The number of aliphatic hydroxyl groups is 1. The summed E-state index contributed by atoms with van der Waals surface area (Å²) in [7, 11) is 0. The lowest BCUT2D eigenvalue weighted by atomic mass is 10.1. The fourth-order valence-electron chi connectivity index (χ4n) is 5.55. The zero-order valence-corrected chi connectivity index (χ0v) is 27.4. The molecule has 1 fully saturated rings. The molecule has 3 aromatic carbocycles. The maximum absolute atomic E-state index is 13.5. The number of carbonyl (C=O) groups is 1. The maximum atomic E-state index is 13.5. The minimum atomic E-state index is -0.0790. The average Bonchev–Trinajstić information content (AvgIpc) is 3.42. The summed E-state index contributed by atoms with van der Waals surface area (Å²) in [5.74, 6) is 3.17. The van der Waals surface area contributed by atoms with Gasteiger partial charge in [-0.15, -0.1) is 0 Å². The third-order valence-corrected chi connectivity index (χ3v) is 8.18. The molecule has 0 bridgehead atoms. The number of aliphatic hydroxyl groups excluding tert-OH is 1. The average molecular weight is 638 g/mol. The Hall–Kier alpha value is -4.85. The Labute approximate surface area is 276 Å². The highest BCUT2D eigenvalue weighted by atomic mass is 16.5. The SMILES string of the molecule is [C-]#[N+]c1ccc(Cn2c(CN3CCN(C(=O)c4ccc(C)cc4OCCCC)CC3)cnc2C)cc1Oc1cccc(OCCO)c1. The van der Waals surface area contributed by atoms with Crippen LogP contribution in [0.3, 0.4) is 0 Å². The largest absolute Gasteiger partial charge is 0.493 e. The molecule has 0 unspecified atom stereocenters. The minimum absolute atomic E-state index is 0.0160. The molecule has 1 aliphatic rings. The van der Waals surface area contributed by atoms with E-state index in [1.165, 1.54) is 0 Å². The molecule has 47 heavy (non-hydrogen) atoms. The molecule has 1 aliphatic heterocycles. The van der Waals surface area contributed by atoms with Crippen molar-refractivity contribution in [2.75, 3.05) is 46.0 Å². The number of hydrogen-bond donors (Lipinski definition) is 1. The zero-order valence-electron chi connectivity index (χ0n) is 27.4. The van der Waals surface area contributed by atoms with Crippen LogP contribution in [0.15, 0.2) is 66.9 Å². The van der Waals surface area contributed by atoms with E-state index in [2.05, 4.69) is 26.2 Å². The molecule has 0 radical (unpaired) electrons. The van der Waals surface area contributed by atoms with Crippen molar-refractivity contribution in [3.05, 3.63) is 106 Å². The lowest BCUT2D eigenvalue weighted by Crippen LogP contribution is -2.48. The molecule has 1 N–H and O–H groups in total. The Bertz CT molecular complexity index is 1700. The van der Waals surface area contributed by atoms with Gasteiger partial charge in [0.25, 0.3) is 5.91 Å². The number of benzene rings is 3. The summed E-state index contributed by atoms with van der Waals surface area (Å²) in [6.45, 7) is 18.6. The first kappa shape index (κ1) is 33.5. The number of amides is 1. The molecule has 10 heteroatoms. The van der Waals surface area contributed by atoms with Crippen molar-refractivity contribution in [2.45, 2.75) is 46.7 Å². The van der Waals surface area contributed by atoms with Crippen LogP contribution in [0.5, 0.6) is 23.0 Å². The van der Waals surface area contributed by atoms with Gasteiger partial charge in [0.1, 0.15) is 35.4 Å². The first-order valence-corrected chi connectivity index (χ1v) is 16.2. The van der Waals surface area contributed by atoms with Crippen molar-refractivity contribution in [1.82, 2.24) is 19.4 Å². The molecule has 1 aromatic heterocycles. The van der Waals surface area contributed by atoms with Crippen LogP contribution in [0.4, 0.5) is 5.69 Å². The van der Waals surface area contributed by atoms with E-state index in [1.54, 1.807) is 24.3 Å². The number of rotatable bonds is 14. The Morgan fingerprint density at radius 3 is 2.51 bits per heavy atom. The van der Waals surface area contributed by atoms with E-state index in [0.29, 0.717) is 67.0 Å². The lowest BCUT2D eigenvalue weighted by Gasteiger charge is -2.35. The Kier molecular flexibility index (Phi) is 11.5. The first-order chi connectivity index (χ1) is 22.9. The molecule has 4 aromatic rings. The molecule has 5 rings (SSSR count). The quantitative estimate of drug-likeness (QED) is 0.126. The fraction of sp³-hybridized carbons (Fsp3) is 0.378. The van der Waals surface area contributed by atoms with E-state index < -0.39 is 0 Å². The van der Waals surface area contributed by atoms with E-state index in [4.69, 9.17) is 25.9 Å². The van der Waals surface area contributed by atoms with Crippen molar-refractivity contribution in [3.63, 3.8) is 0 Å². The minimum Gasteiger partial charge on any atom is -0.493 e. The van der Waals surface area contributed by atoms with Gasteiger partial charge in [-0.2, -0.15) is 0 Å². The second-order valence-corrected chi connectivity index (χ2v) is 11.7. The highest BCUT2D eigenvalue weighted by Gasteiger charge is 2.25. The topological polar surface area (TPSA) is 93.7 Å². The maximum Gasteiger partial charge on any atom is 0.257 e. The standard InChI is InChI=1S/C37H43N5O5/c1-5-6-19-46-35-21-27(2)10-12-33(35)37(44)41-16-14-40(15-17-41)26-30-24-39-28(3)42(30)25-29-11-13-34(38-4)36(22-29)47-32-9-7-8-31(23-32)45-20-18-43/h7-13,21-24,43H,5-6,14-20,25-26H2,1-3H3. The van der Waals surface area contributed by atoms with Crippen molar-refractivity contribution in [2.24, 2.45) is 0 Å². The summed E-state index contributed by atoms with van der Waals surface area (Å²) in [4.78, 5) is 26.0. The van der Waals surface area contributed by atoms with E-state index in [9.17, 15) is 4.79 Å². The monoisotopic (exact) mass is 637 g/mol. The number of aromatic nitrogens is 2. The Morgan fingerprint density at radius 2 is 1.74 bits per heavy atom. The molecular weight excluding hydrogens is 594 g/mol. The van der Waals surface area contributed by atoms with Crippen molar-refractivity contribution < 1.29 is 24.1 Å². The number of carbonyl (C=O) groups excluding carboxylic acids is 1. The predicted octanol–water partition coefficient (Wildman–Crippen LogP) is 6.40. The van der Waals surface area contributed by atoms with Gasteiger partial charge < -0.3 is 28.8 Å². The predicted molar refractivity (Wildman–Crippen MR) is 181 cm³/mol. The highest BCUT2D eigenvalue weighted by molar-refractivity contribution is 5.97. The van der Waals surface area contributed by atoms with E-state index in [1.807, 2.05) is 61.3 Å². The number of imidazole rings is 1. The Morgan fingerprint density at radius 1 is 0.936 bits per heavy atom. The van der Waals surface area contributed by atoms with Crippen LogP contribution in [0, 0.1) is 20.4 Å². The van der Waals surface area contributed by atoms with Gasteiger partial charge in [-0.1, -0.05) is 37.6 Å². The second-order valence-electron chi connectivity index (χ2n) is 11.7. The van der Waals surface area contributed by atoms with Gasteiger partial charge in [0, 0.05) is 51.5 Å². The molecule has 1 saturated heterocycles. The van der Waals surface area contributed by atoms with Gasteiger partial charge in [0.05, 0.1) is 31.0 Å². The van der Waals surface area contributed by atoms with Crippen LogP contribution in [0.2, 0.25) is 0 Å². The molecule has 0 atom stereocenters. The number of nitrogens with zero attached hydrogens (tertiary/aromatic N) is 5. The smallest absolute Gasteiger partial charge is 0.257 e. The third-order valence-electron chi connectivity index (χ3n) is 8.18. The Balaban J connectivity index is 1.23. The summed E-state index contributed by atoms with van der Waals surface area (Å²) < 4.78 is 19.8. The highest BCUT2D eigenvalue weighted by Crippen LogP contribution is 2.34. The summed E-state index contributed by atoms with van der Waals surface area (Å²) in [5.41, 5.74) is 4.18. The fourth-order valence-corrected chi connectivity index (χ4v) is 5.55. The number of piperazine rings is 1. The van der Waals surface area contributed by atoms with Crippen molar-refractivity contribution in [3.8, 4) is 23.0 Å². The van der Waals surface area contributed by atoms with Crippen molar-refractivity contribution >= 4 is 11.6 Å². The molecule has 0 spiro atoms. The normalized spacial score (nSPS) is 13.3. The summed E-state index contributed by atoms with van der Waals surface area (Å²) in [5, 5.41) is 9.06. The van der Waals surface area contributed by atoms with Crippen molar-refractivity contribution in [1.29, 1.82) is 0 Å². The van der Waals surface area contributed by atoms with Crippen LogP contribution in [0.25, 0.3) is 4.85 Å². The van der Waals surface area contributed by atoms with Gasteiger partial charge in [0.2, 0.25) is 5.69 Å².